The normalized spacial score (nSPS) is 40.7. The number of hydrogen-bond donors (Lipinski definition) is 1. The molecule has 1 aliphatic carbocycles. The van der Waals surface area contributed by atoms with Crippen molar-refractivity contribution in [2.75, 3.05) is 26.6 Å². The Labute approximate surface area is 131 Å². The molecule has 2 N–H and O–H groups in total. The number of nitrogen functional groups attached to an aromatic ring is 1. The molecule has 0 spiro atoms. The summed E-state index contributed by atoms with van der Waals surface area (Å²) in [6.07, 6.45) is 3.30. The highest BCUT2D eigenvalue weighted by Crippen LogP contribution is 2.69. The molecule has 23 heavy (non-hydrogen) atoms. The fourth-order valence-electron chi connectivity index (χ4n) is 4.38. The fourth-order valence-corrected chi connectivity index (χ4v) is 4.38. The molecule has 122 valence electrons. The average Bonchev–Trinajstić information content (AvgIpc) is 2.96. The van der Waals surface area contributed by atoms with E-state index in [0.717, 1.165) is 0 Å². The van der Waals surface area contributed by atoms with Crippen LogP contribution in [0.2, 0.25) is 0 Å². The molecule has 2 saturated heterocycles. The molecule has 5 atom stereocenters. The summed E-state index contributed by atoms with van der Waals surface area (Å²) in [6, 6.07) is 0. The van der Waals surface area contributed by atoms with Crippen LogP contribution in [0.15, 0.2) is 12.7 Å². The Kier molecular flexibility index (Phi) is 2.47. The van der Waals surface area contributed by atoms with Gasteiger partial charge in [0.05, 0.1) is 18.9 Å². The first-order valence-electron chi connectivity index (χ1n) is 7.47. The Balaban J connectivity index is 1.56. The summed E-state index contributed by atoms with van der Waals surface area (Å²) < 4.78 is 25.2. The quantitative estimate of drug-likeness (QED) is 0.844. The second-order valence-corrected chi connectivity index (χ2v) is 6.34. The predicted molar refractivity (Wildman–Crippen MR) is 77.2 cm³/mol. The van der Waals surface area contributed by atoms with Crippen LogP contribution >= 0.6 is 0 Å². The van der Waals surface area contributed by atoms with Gasteiger partial charge >= 0.3 is 0 Å². The lowest BCUT2D eigenvalue weighted by Gasteiger charge is -2.64. The summed E-state index contributed by atoms with van der Waals surface area (Å²) in [4.78, 5) is 12.6. The van der Waals surface area contributed by atoms with Crippen LogP contribution in [0.5, 0.6) is 0 Å². The molecule has 5 rings (SSSR count). The lowest BCUT2D eigenvalue weighted by Crippen LogP contribution is -2.78. The molecule has 0 aromatic carbocycles. The van der Waals surface area contributed by atoms with Gasteiger partial charge in [-0.1, -0.05) is 0 Å². The first-order chi connectivity index (χ1) is 11.1. The second kappa shape index (κ2) is 4.18. The monoisotopic (exact) mass is 319 g/mol. The zero-order valence-corrected chi connectivity index (χ0v) is 12.8. The zero-order valence-electron chi connectivity index (χ0n) is 12.8. The Morgan fingerprint density at radius 3 is 3.00 bits per heavy atom. The smallest absolute Gasteiger partial charge is 0.179 e. The molecule has 2 aromatic rings. The number of rotatable bonds is 4. The first kappa shape index (κ1) is 13.6. The largest absolute Gasteiger partial charge is 0.382 e. The fraction of sp³-hybridized carbons (Fsp3) is 0.643. The van der Waals surface area contributed by atoms with Crippen LogP contribution in [0.4, 0.5) is 5.82 Å². The number of nitrogens with two attached hydrogens (primary N) is 1. The molecule has 3 fully saturated rings. The molecule has 2 aliphatic heterocycles. The van der Waals surface area contributed by atoms with Crippen molar-refractivity contribution in [2.24, 2.45) is 5.92 Å². The van der Waals surface area contributed by atoms with Gasteiger partial charge in [-0.3, -0.25) is 4.57 Å². The summed E-state index contributed by atoms with van der Waals surface area (Å²) in [7, 11) is 3.34. The van der Waals surface area contributed by atoms with E-state index in [1.807, 2.05) is 4.57 Å². The molecule has 9 heteroatoms. The molecule has 3 aliphatic rings. The number of nitrogens with zero attached hydrogens (tertiary/aromatic N) is 4. The highest BCUT2D eigenvalue weighted by molar-refractivity contribution is 5.81. The number of hydrogen-bond acceptors (Lipinski definition) is 8. The third-order valence-corrected chi connectivity index (χ3v) is 5.28. The highest BCUT2D eigenvalue weighted by atomic mass is 16.8. The predicted octanol–water partition coefficient (Wildman–Crippen LogP) is 0.0839. The SMILES string of the molecule is COC[C@]12CC3(OC)OC(C31)[C@H](n1cnc3c(N)ncnc31)O2. The first-order valence-corrected chi connectivity index (χ1v) is 7.47. The number of imidazole rings is 1. The Hall–Kier alpha value is -1.81. The number of anilines is 1. The minimum absolute atomic E-state index is 0.118. The van der Waals surface area contributed by atoms with Crippen LogP contribution in [0.25, 0.3) is 11.2 Å². The van der Waals surface area contributed by atoms with Gasteiger partial charge in [0, 0.05) is 20.6 Å². The average molecular weight is 319 g/mol. The number of ether oxygens (including phenoxy) is 4. The maximum absolute atomic E-state index is 6.35. The van der Waals surface area contributed by atoms with Crippen molar-refractivity contribution in [2.45, 2.75) is 30.1 Å². The summed E-state index contributed by atoms with van der Waals surface area (Å²) in [5, 5.41) is 0. The van der Waals surface area contributed by atoms with Gasteiger partial charge in [0.2, 0.25) is 0 Å². The highest BCUT2D eigenvalue weighted by Gasteiger charge is 2.82. The van der Waals surface area contributed by atoms with Crippen LogP contribution < -0.4 is 5.73 Å². The van der Waals surface area contributed by atoms with Crippen molar-refractivity contribution < 1.29 is 18.9 Å². The minimum Gasteiger partial charge on any atom is -0.382 e. The molecular weight excluding hydrogens is 302 g/mol. The topological polar surface area (TPSA) is 107 Å². The van der Waals surface area contributed by atoms with Gasteiger partial charge in [-0.15, -0.1) is 0 Å². The third-order valence-electron chi connectivity index (χ3n) is 5.28. The number of aromatic nitrogens is 4. The van der Waals surface area contributed by atoms with Crippen molar-refractivity contribution in [3.05, 3.63) is 12.7 Å². The lowest BCUT2D eigenvalue weighted by molar-refractivity contribution is -0.441. The van der Waals surface area contributed by atoms with E-state index >= 15 is 0 Å². The van der Waals surface area contributed by atoms with Crippen LogP contribution in [0.3, 0.4) is 0 Å². The van der Waals surface area contributed by atoms with Crippen LogP contribution in [-0.4, -0.2) is 57.8 Å². The van der Waals surface area contributed by atoms with Gasteiger partial charge in [0.25, 0.3) is 0 Å². The third kappa shape index (κ3) is 1.44. The molecule has 4 heterocycles. The van der Waals surface area contributed by atoms with Crippen LogP contribution in [0, 0.1) is 5.92 Å². The summed E-state index contributed by atoms with van der Waals surface area (Å²) in [5.41, 5.74) is 6.67. The van der Waals surface area contributed by atoms with Gasteiger partial charge in [-0.25, -0.2) is 15.0 Å². The van der Waals surface area contributed by atoms with Crippen LogP contribution in [0.1, 0.15) is 12.6 Å². The molecule has 0 bridgehead atoms. The second-order valence-electron chi connectivity index (χ2n) is 6.34. The maximum Gasteiger partial charge on any atom is 0.179 e. The van der Waals surface area contributed by atoms with Crippen molar-refractivity contribution in [1.29, 1.82) is 0 Å². The molecular formula is C14H17N5O4. The van der Waals surface area contributed by atoms with E-state index in [1.54, 1.807) is 20.5 Å². The molecule has 0 radical (unpaired) electrons. The summed E-state index contributed by atoms with van der Waals surface area (Å²) in [5.74, 6) is -0.0498. The molecule has 0 amide bonds. The van der Waals surface area contributed by atoms with Crippen molar-refractivity contribution in [1.82, 2.24) is 19.5 Å². The van der Waals surface area contributed by atoms with E-state index in [0.29, 0.717) is 30.0 Å². The van der Waals surface area contributed by atoms with E-state index in [1.165, 1.54) is 6.33 Å². The van der Waals surface area contributed by atoms with Gasteiger partial charge in [-0.2, -0.15) is 0 Å². The molecule has 3 unspecified atom stereocenters. The van der Waals surface area contributed by atoms with Crippen LogP contribution in [-0.2, 0) is 18.9 Å². The maximum atomic E-state index is 6.35. The van der Waals surface area contributed by atoms with Gasteiger partial charge in [-0.05, 0) is 0 Å². The molecule has 1 saturated carbocycles. The summed E-state index contributed by atoms with van der Waals surface area (Å²) in [6.45, 7) is 0.503. The molecule has 2 aromatic heterocycles. The van der Waals surface area contributed by atoms with Gasteiger partial charge in [0.1, 0.15) is 23.5 Å². The summed E-state index contributed by atoms with van der Waals surface area (Å²) >= 11 is 0. The standard InChI is InChI=1S/C14H17N5O4/c1-20-4-13-3-14(21-2)9(13)8(22-14)12(23-13)19-6-18-7-10(15)16-5-17-11(7)19/h5-6,8-9,12H,3-4H2,1-2H3,(H2,15,16,17)/t8?,9?,12-,13-,14?/m1/s1. The molecule has 9 nitrogen and oxygen atoms in total. The Morgan fingerprint density at radius 1 is 1.35 bits per heavy atom. The van der Waals surface area contributed by atoms with E-state index in [9.17, 15) is 0 Å². The number of methoxy groups -OCH3 is 2. The Bertz CT molecular complexity index is 797. The Morgan fingerprint density at radius 2 is 2.22 bits per heavy atom. The van der Waals surface area contributed by atoms with Crippen molar-refractivity contribution in [3.8, 4) is 0 Å². The number of fused-ring (bicyclic) bond motifs is 1. The van der Waals surface area contributed by atoms with E-state index in [-0.39, 0.29) is 23.9 Å². The van der Waals surface area contributed by atoms with Gasteiger partial charge < -0.3 is 24.7 Å². The van der Waals surface area contributed by atoms with Crippen molar-refractivity contribution in [3.63, 3.8) is 0 Å². The van der Waals surface area contributed by atoms with Crippen molar-refractivity contribution >= 4 is 17.0 Å². The van der Waals surface area contributed by atoms with E-state index < -0.39 is 5.79 Å². The lowest BCUT2D eigenvalue weighted by atomic mass is 9.59. The van der Waals surface area contributed by atoms with E-state index in [2.05, 4.69) is 15.0 Å². The minimum atomic E-state index is -0.539. The van der Waals surface area contributed by atoms with E-state index in [4.69, 9.17) is 24.7 Å². The van der Waals surface area contributed by atoms with Gasteiger partial charge in [0.15, 0.2) is 23.5 Å². The zero-order chi connectivity index (χ0) is 15.8.